The van der Waals surface area contributed by atoms with Gasteiger partial charge < -0.3 is 10.1 Å². The molecule has 8 heteroatoms. The lowest BCUT2D eigenvalue weighted by molar-refractivity contribution is 0.0903. The molecule has 0 amide bonds. The van der Waals surface area contributed by atoms with Gasteiger partial charge in [0.25, 0.3) is 5.56 Å². The Labute approximate surface area is 202 Å². The summed E-state index contributed by atoms with van der Waals surface area (Å²) in [6.45, 7) is 5.90. The number of fused-ring (bicyclic) bond motifs is 1. The number of anilines is 1. The van der Waals surface area contributed by atoms with E-state index in [1.165, 1.54) is 0 Å². The summed E-state index contributed by atoms with van der Waals surface area (Å²) in [5.74, 6) is 0.530. The minimum absolute atomic E-state index is 0.130. The maximum atomic E-state index is 13.5. The second kappa shape index (κ2) is 9.52. The highest BCUT2D eigenvalue weighted by Gasteiger charge is 2.18. The summed E-state index contributed by atoms with van der Waals surface area (Å²) in [4.78, 5) is 27.1. The maximum absolute atomic E-state index is 13.5. The maximum Gasteiger partial charge on any atom is 0.260 e. The molecule has 0 spiro atoms. The van der Waals surface area contributed by atoms with Gasteiger partial charge in [-0.25, -0.2) is 4.98 Å². The Hall–Kier alpha value is -3.29. The first-order valence-corrected chi connectivity index (χ1v) is 11.9. The van der Waals surface area contributed by atoms with Crippen molar-refractivity contribution >= 4 is 28.6 Å². The minimum Gasteiger partial charge on any atom is -0.381 e. The van der Waals surface area contributed by atoms with E-state index in [-0.39, 0.29) is 11.6 Å². The Morgan fingerprint density at radius 2 is 1.97 bits per heavy atom. The molecule has 1 aliphatic rings. The normalized spacial score (nSPS) is 14.4. The number of nitrogens with one attached hydrogen (secondary N) is 1. The van der Waals surface area contributed by atoms with Crippen LogP contribution in [0.3, 0.4) is 0 Å². The molecule has 4 heterocycles. The molecule has 0 aliphatic carbocycles. The number of aryl methyl sites for hydroxylation is 2. The van der Waals surface area contributed by atoms with Gasteiger partial charge in [-0.1, -0.05) is 29.8 Å². The standard InChI is InChI=1S/C26H26ClN5O2/c1-3-32-24-18(15-29-26(31-24)30-19-8-11-34-12-9-19)13-21(25(32)33)20-7-6-17(14-22(20)27)23-16(2)5-4-10-28-23/h4-7,10,13-15,19H,3,8-9,11-12H2,1-2H3,(H,29,30,31). The lowest BCUT2D eigenvalue weighted by Crippen LogP contribution is -2.29. The number of rotatable bonds is 5. The first-order chi connectivity index (χ1) is 16.5. The monoisotopic (exact) mass is 475 g/mol. The number of ether oxygens (including phenoxy) is 1. The molecular formula is C26H26ClN5O2. The van der Waals surface area contributed by atoms with Crippen molar-refractivity contribution in [2.24, 2.45) is 0 Å². The van der Waals surface area contributed by atoms with Crippen LogP contribution in [0.4, 0.5) is 5.95 Å². The van der Waals surface area contributed by atoms with E-state index in [0.29, 0.717) is 34.3 Å². The van der Waals surface area contributed by atoms with E-state index < -0.39 is 0 Å². The van der Waals surface area contributed by atoms with Crippen LogP contribution in [0.2, 0.25) is 5.02 Å². The fourth-order valence-corrected chi connectivity index (χ4v) is 4.69. The predicted molar refractivity (Wildman–Crippen MR) is 135 cm³/mol. The summed E-state index contributed by atoms with van der Waals surface area (Å²) in [5.41, 5.74) is 4.53. The zero-order chi connectivity index (χ0) is 23.7. The first-order valence-electron chi connectivity index (χ1n) is 11.5. The van der Waals surface area contributed by atoms with Gasteiger partial charge in [-0.3, -0.25) is 14.3 Å². The van der Waals surface area contributed by atoms with Gasteiger partial charge >= 0.3 is 0 Å². The van der Waals surface area contributed by atoms with Gasteiger partial charge in [0.1, 0.15) is 5.65 Å². The Balaban J connectivity index is 1.55. The van der Waals surface area contributed by atoms with Gasteiger partial charge in [-0.05, 0) is 50.5 Å². The third kappa shape index (κ3) is 4.29. The van der Waals surface area contributed by atoms with E-state index in [4.69, 9.17) is 16.3 Å². The van der Waals surface area contributed by atoms with Crippen molar-refractivity contribution in [3.05, 3.63) is 69.7 Å². The van der Waals surface area contributed by atoms with E-state index in [2.05, 4.69) is 20.3 Å². The molecular weight excluding hydrogens is 450 g/mol. The van der Waals surface area contributed by atoms with Crippen molar-refractivity contribution in [1.29, 1.82) is 0 Å². The van der Waals surface area contributed by atoms with Gasteiger partial charge in [0.05, 0.1) is 5.69 Å². The highest BCUT2D eigenvalue weighted by Crippen LogP contribution is 2.32. The van der Waals surface area contributed by atoms with Crippen LogP contribution in [0, 0.1) is 6.92 Å². The van der Waals surface area contributed by atoms with Crippen molar-refractivity contribution in [1.82, 2.24) is 19.5 Å². The summed E-state index contributed by atoms with van der Waals surface area (Å²) in [6, 6.07) is 11.7. The average molecular weight is 476 g/mol. The number of halogens is 1. The fraction of sp³-hybridized carbons (Fsp3) is 0.308. The molecule has 0 atom stereocenters. The molecule has 1 fully saturated rings. The molecule has 1 N–H and O–H groups in total. The third-order valence-electron chi connectivity index (χ3n) is 6.24. The Bertz CT molecular complexity index is 1410. The van der Waals surface area contributed by atoms with E-state index >= 15 is 0 Å². The Morgan fingerprint density at radius 3 is 2.71 bits per heavy atom. The second-order valence-corrected chi connectivity index (χ2v) is 8.88. The molecule has 1 aromatic carbocycles. The molecule has 0 bridgehead atoms. The number of hydrogen-bond acceptors (Lipinski definition) is 6. The zero-order valence-electron chi connectivity index (χ0n) is 19.2. The van der Waals surface area contributed by atoms with Crippen LogP contribution in [0.1, 0.15) is 25.3 Å². The van der Waals surface area contributed by atoms with Crippen LogP contribution in [0.25, 0.3) is 33.4 Å². The van der Waals surface area contributed by atoms with Crippen LogP contribution in [0.5, 0.6) is 0 Å². The molecule has 7 nitrogen and oxygen atoms in total. The zero-order valence-corrected chi connectivity index (χ0v) is 20.0. The quantitative estimate of drug-likeness (QED) is 0.432. The van der Waals surface area contributed by atoms with Crippen molar-refractivity contribution in [3.8, 4) is 22.4 Å². The third-order valence-corrected chi connectivity index (χ3v) is 6.55. The fourth-order valence-electron chi connectivity index (χ4n) is 4.41. The summed E-state index contributed by atoms with van der Waals surface area (Å²) >= 11 is 6.69. The molecule has 0 radical (unpaired) electrons. The molecule has 1 saturated heterocycles. The molecule has 0 saturated carbocycles. The molecule has 34 heavy (non-hydrogen) atoms. The van der Waals surface area contributed by atoms with Gasteiger partial charge in [-0.15, -0.1) is 0 Å². The molecule has 1 aliphatic heterocycles. The highest BCUT2D eigenvalue weighted by atomic mass is 35.5. The summed E-state index contributed by atoms with van der Waals surface area (Å²) in [7, 11) is 0. The molecule has 4 aromatic rings. The van der Waals surface area contributed by atoms with Gasteiger partial charge in [0.15, 0.2) is 0 Å². The molecule has 0 unspecified atom stereocenters. The number of nitrogens with zero attached hydrogens (tertiary/aromatic N) is 4. The van der Waals surface area contributed by atoms with Crippen LogP contribution in [0.15, 0.2) is 53.6 Å². The second-order valence-electron chi connectivity index (χ2n) is 8.47. The number of benzene rings is 1. The predicted octanol–water partition coefficient (Wildman–Crippen LogP) is 5.09. The summed E-state index contributed by atoms with van der Waals surface area (Å²) in [6.07, 6.45) is 5.35. The van der Waals surface area contributed by atoms with E-state index in [1.54, 1.807) is 17.0 Å². The van der Waals surface area contributed by atoms with E-state index in [1.807, 2.05) is 50.2 Å². The van der Waals surface area contributed by atoms with Crippen LogP contribution in [-0.4, -0.2) is 38.8 Å². The Morgan fingerprint density at radius 1 is 1.15 bits per heavy atom. The lowest BCUT2D eigenvalue weighted by atomic mass is 10.0. The smallest absolute Gasteiger partial charge is 0.260 e. The van der Waals surface area contributed by atoms with Gasteiger partial charge in [0.2, 0.25) is 5.95 Å². The van der Waals surface area contributed by atoms with Crippen molar-refractivity contribution in [2.75, 3.05) is 18.5 Å². The lowest BCUT2D eigenvalue weighted by Gasteiger charge is -2.23. The minimum atomic E-state index is -0.130. The number of pyridine rings is 2. The topological polar surface area (TPSA) is 81.9 Å². The van der Waals surface area contributed by atoms with Crippen molar-refractivity contribution < 1.29 is 4.74 Å². The largest absolute Gasteiger partial charge is 0.381 e. The number of hydrogen-bond donors (Lipinski definition) is 1. The van der Waals surface area contributed by atoms with Crippen molar-refractivity contribution in [3.63, 3.8) is 0 Å². The molecule has 3 aromatic heterocycles. The van der Waals surface area contributed by atoms with Gasteiger partial charge in [-0.2, -0.15) is 4.98 Å². The van der Waals surface area contributed by atoms with E-state index in [0.717, 1.165) is 48.3 Å². The number of aromatic nitrogens is 4. The van der Waals surface area contributed by atoms with Crippen LogP contribution < -0.4 is 10.9 Å². The van der Waals surface area contributed by atoms with Crippen LogP contribution >= 0.6 is 11.6 Å². The van der Waals surface area contributed by atoms with Gasteiger partial charge in [0, 0.05) is 65.3 Å². The summed E-state index contributed by atoms with van der Waals surface area (Å²) in [5, 5.41) is 4.67. The average Bonchev–Trinajstić information content (AvgIpc) is 2.85. The SMILES string of the molecule is CCn1c(=O)c(-c2ccc(-c3ncccc3C)cc2Cl)cc2cnc(NC3CCOCC3)nc21. The van der Waals surface area contributed by atoms with Crippen molar-refractivity contribution in [2.45, 2.75) is 39.3 Å². The highest BCUT2D eigenvalue weighted by molar-refractivity contribution is 6.33. The molecule has 174 valence electrons. The van der Waals surface area contributed by atoms with Crippen LogP contribution in [-0.2, 0) is 11.3 Å². The molecule has 5 rings (SSSR count). The Kier molecular flexibility index (Phi) is 6.30. The first kappa shape index (κ1) is 22.5. The van der Waals surface area contributed by atoms with E-state index in [9.17, 15) is 4.79 Å². The summed E-state index contributed by atoms with van der Waals surface area (Å²) < 4.78 is 7.10.